The number of carbonyl (C=O) groups excluding carboxylic acids is 2. The number of esters is 2. The minimum Gasteiger partial charge on any atom is -0.466 e. The third-order valence-electron chi connectivity index (χ3n) is 4.22. The molecule has 0 aliphatic heterocycles. The average Bonchev–Trinajstić information content (AvgIpc) is 2.64. The number of halogens is 2. The molecule has 0 aromatic rings. The molecule has 26 heavy (non-hydrogen) atoms. The summed E-state index contributed by atoms with van der Waals surface area (Å²) >= 11 is 6.64. The molecule has 0 radical (unpaired) electrons. The number of carbonyl (C=O) groups is 2. The first kappa shape index (κ1) is 25.9. The number of rotatable bonds is 18. The number of alkyl halides is 2. The van der Waals surface area contributed by atoms with Crippen LogP contribution in [0.3, 0.4) is 0 Å². The molecular formula is C20H36Br2O4. The van der Waals surface area contributed by atoms with Crippen molar-refractivity contribution in [3.05, 3.63) is 0 Å². The van der Waals surface area contributed by atoms with E-state index in [-0.39, 0.29) is 18.0 Å². The molecule has 4 nitrogen and oxygen atoms in total. The van der Waals surface area contributed by atoms with Crippen molar-refractivity contribution in [1.82, 2.24) is 0 Å². The van der Waals surface area contributed by atoms with Crippen LogP contribution in [0, 0.1) is 0 Å². The van der Waals surface area contributed by atoms with Crippen LogP contribution in [0.5, 0.6) is 0 Å². The van der Waals surface area contributed by atoms with Crippen LogP contribution < -0.4 is 0 Å². The van der Waals surface area contributed by atoms with Gasteiger partial charge in [0.05, 0.1) is 6.61 Å². The summed E-state index contributed by atoms with van der Waals surface area (Å²) in [5, 5.41) is 1.69. The Morgan fingerprint density at radius 3 is 1.88 bits per heavy atom. The van der Waals surface area contributed by atoms with Crippen LogP contribution in [0.25, 0.3) is 0 Å². The van der Waals surface area contributed by atoms with Gasteiger partial charge in [-0.3, -0.25) is 9.59 Å². The van der Waals surface area contributed by atoms with E-state index in [9.17, 15) is 9.59 Å². The Labute approximate surface area is 176 Å². The Bertz CT molecular complexity index is 351. The molecule has 0 saturated heterocycles. The van der Waals surface area contributed by atoms with E-state index in [1.807, 2.05) is 0 Å². The highest BCUT2D eigenvalue weighted by atomic mass is 79.9. The summed E-state index contributed by atoms with van der Waals surface area (Å²) in [6.07, 6.45) is 12.7. The minimum atomic E-state index is -0.0807. The van der Waals surface area contributed by atoms with Gasteiger partial charge in [-0.15, -0.1) is 0 Å². The highest BCUT2D eigenvalue weighted by molar-refractivity contribution is 9.09. The first-order valence-corrected chi connectivity index (χ1v) is 12.3. The van der Waals surface area contributed by atoms with Gasteiger partial charge >= 0.3 is 11.9 Å². The maximum atomic E-state index is 11.6. The lowest BCUT2D eigenvalue weighted by Crippen LogP contribution is -2.17. The van der Waals surface area contributed by atoms with Gasteiger partial charge in [-0.1, -0.05) is 70.9 Å². The largest absolute Gasteiger partial charge is 0.466 e. The highest BCUT2D eigenvalue weighted by Gasteiger charge is 2.11. The highest BCUT2D eigenvalue weighted by Crippen LogP contribution is 2.14. The molecule has 0 N–H and O–H groups in total. The molecule has 0 aromatic carbocycles. The Morgan fingerprint density at radius 1 is 0.769 bits per heavy atom. The number of hydrogen-bond donors (Lipinski definition) is 0. The van der Waals surface area contributed by atoms with Gasteiger partial charge in [-0.2, -0.15) is 0 Å². The molecule has 0 rings (SSSR count). The second-order valence-corrected chi connectivity index (χ2v) is 8.18. The maximum Gasteiger partial charge on any atom is 0.306 e. The van der Waals surface area contributed by atoms with E-state index in [0.717, 1.165) is 55.6 Å². The standard InChI is InChI=1S/C20H36Br2O4/c1-2-18(26-20(24)14-11-16-22)12-8-6-4-3-5-7-9-17-25-19(23)13-10-15-21/h18H,2-17H2,1H3. The number of hydrogen-bond acceptors (Lipinski definition) is 4. The van der Waals surface area contributed by atoms with Gasteiger partial charge in [0.1, 0.15) is 6.10 Å². The third-order valence-corrected chi connectivity index (χ3v) is 5.34. The normalized spacial score (nSPS) is 12.0. The Hall–Kier alpha value is -0.100. The number of ether oxygens (including phenoxy) is 2. The second kappa shape index (κ2) is 19.7. The van der Waals surface area contributed by atoms with Crippen LogP contribution in [0.4, 0.5) is 0 Å². The summed E-state index contributed by atoms with van der Waals surface area (Å²) in [5.41, 5.74) is 0. The van der Waals surface area contributed by atoms with E-state index in [1.165, 1.54) is 25.7 Å². The zero-order valence-electron chi connectivity index (χ0n) is 16.3. The lowest BCUT2D eigenvalue weighted by atomic mass is 10.1. The monoisotopic (exact) mass is 498 g/mol. The average molecular weight is 500 g/mol. The fraction of sp³-hybridized carbons (Fsp3) is 0.900. The summed E-state index contributed by atoms with van der Waals surface area (Å²) in [4.78, 5) is 23.0. The van der Waals surface area contributed by atoms with Gasteiger partial charge < -0.3 is 9.47 Å². The molecule has 0 fully saturated rings. The van der Waals surface area contributed by atoms with Crippen molar-refractivity contribution in [2.45, 2.75) is 96.5 Å². The predicted molar refractivity (Wildman–Crippen MR) is 114 cm³/mol. The lowest BCUT2D eigenvalue weighted by molar-refractivity contribution is -0.149. The molecule has 0 aliphatic carbocycles. The summed E-state index contributed by atoms with van der Waals surface area (Å²) in [5.74, 6) is -0.146. The van der Waals surface area contributed by atoms with Crippen LogP contribution in [0.15, 0.2) is 0 Å². The topological polar surface area (TPSA) is 52.6 Å². The molecule has 0 amide bonds. The van der Waals surface area contributed by atoms with Crippen LogP contribution in [0.2, 0.25) is 0 Å². The Kier molecular flexibility index (Phi) is 19.6. The Balaban J connectivity index is 3.43. The first-order valence-electron chi connectivity index (χ1n) is 10.1. The van der Waals surface area contributed by atoms with Crippen LogP contribution in [-0.4, -0.2) is 35.3 Å². The van der Waals surface area contributed by atoms with Crippen LogP contribution >= 0.6 is 31.9 Å². The maximum absolute atomic E-state index is 11.6. The van der Waals surface area contributed by atoms with Crippen LogP contribution in [0.1, 0.15) is 90.4 Å². The molecule has 1 atom stereocenters. The minimum absolute atomic E-state index is 0.0656. The smallest absolute Gasteiger partial charge is 0.306 e. The van der Waals surface area contributed by atoms with E-state index in [1.54, 1.807) is 0 Å². The molecule has 1 unspecified atom stereocenters. The van der Waals surface area contributed by atoms with E-state index in [4.69, 9.17) is 9.47 Å². The summed E-state index contributed by atoms with van der Waals surface area (Å²) < 4.78 is 10.7. The molecule has 0 bridgehead atoms. The van der Waals surface area contributed by atoms with Gasteiger partial charge in [0.15, 0.2) is 0 Å². The summed E-state index contributed by atoms with van der Waals surface area (Å²) in [7, 11) is 0. The molecular weight excluding hydrogens is 464 g/mol. The Morgan fingerprint density at radius 2 is 1.31 bits per heavy atom. The van der Waals surface area contributed by atoms with Crippen molar-refractivity contribution < 1.29 is 19.1 Å². The van der Waals surface area contributed by atoms with Crippen molar-refractivity contribution >= 4 is 43.8 Å². The lowest BCUT2D eigenvalue weighted by Gasteiger charge is -2.16. The zero-order valence-corrected chi connectivity index (χ0v) is 19.5. The number of unbranched alkanes of at least 4 members (excludes halogenated alkanes) is 6. The molecule has 0 spiro atoms. The molecule has 6 heteroatoms. The molecule has 0 saturated carbocycles. The summed E-state index contributed by atoms with van der Waals surface area (Å²) in [6, 6.07) is 0. The zero-order chi connectivity index (χ0) is 19.5. The van der Waals surface area contributed by atoms with E-state index < -0.39 is 0 Å². The van der Waals surface area contributed by atoms with E-state index in [2.05, 4.69) is 38.8 Å². The molecule has 0 aromatic heterocycles. The van der Waals surface area contributed by atoms with Crippen molar-refractivity contribution in [1.29, 1.82) is 0 Å². The van der Waals surface area contributed by atoms with E-state index in [0.29, 0.717) is 19.4 Å². The molecule has 0 aliphatic rings. The van der Waals surface area contributed by atoms with Crippen molar-refractivity contribution in [3.8, 4) is 0 Å². The van der Waals surface area contributed by atoms with Crippen molar-refractivity contribution in [2.75, 3.05) is 17.3 Å². The van der Waals surface area contributed by atoms with Gasteiger partial charge in [-0.05, 0) is 38.5 Å². The van der Waals surface area contributed by atoms with E-state index >= 15 is 0 Å². The second-order valence-electron chi connectivity index (χ2n) is 6.59. The predicted octanol–water partition coefficient (Wildman–Crippen LogP) is 6.32. The van der Waals surface area contributed by atoms with Gasteiger partial charge in [0.2, 0.25) is 0 Å². The van der Waals surface area contributed by atoms with Gasteiger partial charge in [-0.25, -0.2) is 0 Å². The van der Waals surface area contributed by atoms with Crippen molar-refractivity contribution in [2.24, 2.45) is 0 Å². The SMILES string of the molecule is CCC(CCCCCCCCCOC(=O)CCCBr)OC(=O)CCCBr. The molecule has 0 heterocycles. The van der Waals surface area contributed by atoms with Crippen LogP contribution in [-0.2, 0) is 19.1 Å². The van der Waals surface area contributed by atoms with Gasteiger partial charge in [0, 0.05) is 23.5 Å². The fourth-order valence-corrected chi connectivity index (χ4v) is 3.19. The fourth-order valence-electron chi connectivity index (χ4n) is 2.63. The summed E-state index contributed by atoms with van der Waals surface area (Å²) in [6.45, 7) is 2.63. The molecule has 154 valence electrons. The first-order chi connectivity index (χ1) is 12.6. The quantitative estimate of drug-likeness (QED) is 0.126. The van der Waals surface area contributed by atoms with Gasteiger partial charge in [0.25, 0.3) is 0 Å². The third kappa shape index (κ3) is 17.3. The van der Waals surface area contributed by atoms with Crippen molar-refractivity contribution in [3.63, 3.8) is 0 Å².